The van der Waals surface area contributed by atoms with E-state index in [2.05, 4.69) is 0 Å². The summed E-state index contributed by atoms with van der Waals surface area (Å²) in [6.07, 6.45) is 2.64. The van der Waals surface area contributed by atoms with Crippen LogP contribution in [0.3, 0.4) is 0 Å². The van der Waals surface area contributed by atoms with Crippen LogP contribution in [0.4, 0.5) is 0 Å². The summed E-state index contributed by atoms with van der Waals surface area (Å²) in [5, 5.41) is 21.0. The number of benzene rings is 3. The lowest BCUT2D eigenvalue weighted by atomic mass is 9.84. The fourth-order valence-electron chi connectivity index (χ4n) is 6.76. The number of rotatable bonds is 8. The van der Waals surface area contributed by atoms with Gasteiger partial charge in [0.05, 0.1) is 36.5 Å². The molecule has 4 unspecified atom stereocenters. The van der Waals surface area contributed by atoms with Gasteiger partial charge in [0.1, 0.15) is 23.0 Å². The van der Waals surface area contributed by atoms with E-state index in [9.17, 15) is 19.8 Å². The van der Waals surface area contributed by atoms with Crippen LogP contribution in [0.15, 0.2) is 24.3 Å². The van der Waals surface area contributed by atoms with Gasteiger partial charge in [-0.25, -0.2) is 9.59 Å². The monoisotopic (exact) mass is 630 g/mol. The molecule has 0 aromatic heterocycles. The van der Waals surface area contributed by atoms with E-state index in [1.54, 1.807) is 24.3 Å². The minimum absolute atomic E-state index is 0.0471. The molecule has 0 saturated heterocycles. The second-order valence-electron chi connectivity index (χ2n) is 13.1. The molecule has 4 atom stereocenters. The van der Waals surface area contributed by atoms with Crippen molar-refractivity contribution in [1.82, 2.24) is 0 Å². The zero-order chi connectivity index (χ0) is 33.4. The zero-order valence-electron chi connectivity index (χ0n) is 28.2. The van der Waals surface area contributed by atoms with E-state index in [1.807, 2.05) is 55.4 Å². The molecular formula is C38H46O8. The van der Waals surface area contributed by atoms with Crippen LogP contribution in [0.2, 0.25) is 0 Å². The van der Waals surface area contributed by atoms with Crippen molar-refractivity contribution in [3.63, 3.8) is 0 Å². The molecule has 2 N–H and O–H groups in total. The Morgan fingerprint density at radius 1 is 0.630 bits per heavy atom. The minimum atomic E-state index is -0.455. The first kappa shape index (κ1) is 33.2. The number of hydrogen-bond acceptors (Lipinski definition) is 8. The largest absolute Gasteiger partial charge is 0.507 e. The van der Waals surface area contributed by atoms with Crippen LogP contribution in [0.25, 0.3) is 0 Å². The van der Waals surface area contributed by atoms with Crippen molar-refractivity contribution in [3.05, 3.63) is 79.9 Å². The number of hydrogen-bond donors (Lipinski definition) is 2. The second kappa shape index (κ2) is 13.3. The molecule has 3 aromatic carbocycles. The summed E-state index contributed by atoms with van der Waals surface area (Å²) in [4.78, 5) is 25.5. The maximum Gasteiger partial charge on any atom is 0.338 e. The van der Waals surface area contributed by atoms with Gasteiger partial charge < -0.3 is 29.2 Å². The van der Waals surface area contributed by atoms with Gasteiger partial charge in [-0.15, -0.1) is 0 Å². The fraction of sp³-hybridized carbons (Fsp3) is 0.474. The van der Waals surface area contributed by atoms with Gasteiger partial charge in [0.2, 0.25) is 0 Å². The molecular weight excluding hydrogens is 584 g/mol. The topological polar surface area (TPSA) is 112 Å². The number of carbonyl (C=O) groups is 2. The number of carbonyl (C=O) groups excluding carboxylic acids is 2. The van der Waals surface area contributed by atoms with Crippen LogP contribution in [0, 0.1) is 53.4 Å². The third-order valence-electron chi connectivity index (χ3n) is 10.3. The third kappa shape index (κ3) is 6.26. The highest BCUT2D eigenvalue weighted by Gasteiger charge is 2.32. The van der Waals surface area contributed by atoms with Crippen molar-refractivity contribution in [1.29, 1.82) is 0 Å². The number of esters is 2. The van der Waals surface area contributed by atoms with Gasteiger partial charge in [0.25, 0.3) is 0 Å². The van der Waals surface area contributed by atoms with Crippen LogP contribution in [0.1, 0.15) is 91.9 Å². The molecule has 3 aromatic rings. The number of aromatic hydroxyl groups is 2. The van der Waals surface area contributed by atoms with E-state index >= 15 is 0 Å². The smallest absolute Gasteiger partial charge is 0.338 e. The van der Waals surface area contributed by atoms with Crippen LogP contribution in [0.5, 0.6) is 23.0 Å². The average Bonchev–Trinajstić information content (AvgIpc) is 3.05. The number of phenolic OH excluding ortho intramolecular Hbond substituents is 2. The number of ether oxygens (including phenoxy) is 4. The molecule has 0 radical (unpaired) electrons. The van der Waals surface area contributed by atoms with Crippen LogP contribution < -0.4 is 9.47 Å². The van der Waals surface area contributed by atoms with Gasteiger partial charge in [-0.05, 0) is 139 Å². The highest BCUT2D eigenvalue weighted by Crippen LogP contribution is 2.44. The van der Waals surface area contributed by atoms with E-state index in [-0.39, 0.29) is 37.3 Å². The molecule has 5 rings (SSSR count). The van der Waals surface area contributed by atoms with E-state index < -0.39 is 11.9 Å². The molecule has 2 aliphatic rings. The molecule has 246 valence electrons. The first-order chi connectivity index (χ1) is 21.8. The molecule has 0 fully saturated rings. The summed E-state index contributed by atoms with van der Waals surface area (Å²) >= 11 is 0. The molecule has 0 amide bonds. The normalized spacial score (nSPS) is 20.2. The first-order valence-electron chi connectivity index (χ1n) is 16.2. The summed E-state index contributed by atoms with van der Waals surface area (Å²) in [5.74, 6) is 1.71. The molecule has 0 aliphatic carbocycles. The zero-order valence-corrected chi connectivity index (χ0v) is 28.2. The Kier molecular flexibility index (Phi) is 9.57. The lowest BCUT2D eigenvalue weighted by molar-refractivity contribution is 0.0412. The maximum atomic E-state index is 12.7. The lowest BCUT2D eigenvalue weighted by Crippen LogP contribution is -2.32. The van der Waals surface area contributed by atoms with Crippen LogP contribution in [-0.2, 0) is 22.3 Å². The Labute approximate surface area is 271 Å². The summed E-state index contributed by atoms with van der Waals surface area (Å²) < 4.78 is 23.7. The number of fused-ring (bicyclic) bond motifs is 2. The van der Waals surface area contributed by atoms with Gasteiger partial charge in [0.15, 0.2) is 0 Å². The molecule has 0 spiro atoms. The molecule has 8 nitrogen and oxygen atoms in total. The molecule has 46 heavy (non-hydrogen) atoms. The molecule has 0 saturated carbocycles. The second-order valence-corrected chi connectivity index (χ2v) is 13.1. The van der Waals surface area contributed by atoms with E-state index in [4.69, 9.17) is 18.9 Å². The minimum Gasteiger partial charge on any atom is -0.507 e. The highest BCUT2D eigenvalue weighted by atomic mass is 16.5. The average molecular weight is 631 g/mol. The van der Waals surface area contributed by atoms with Gasteiger partial charge >= 0.3 is 11.9 Å². The van der Waals surface area contributed by atoms with Gasteiger partial charge in [-0.1, -0.05) is 0 Å². The molecule has 0 bridgehead atoms. The number of phenols is 2. The van der Waals surface area contributed by atoms with Crippen molar-refractivity contribution in [3.8, 4) is 23.0 Å². The Hall–Kier alpha value is -4.20. The predicted molar refractivity (Wildman–Crippen MR) is 175 cm³/mol. The van der Waals surface area contributed by atoms with Crippen LogP contribution in [-0.4, -0.2) is 47.6 Å². The molecule has 2 aliphatic heterocycles. The van der Waals surface area contributed by atoms with Crippen molar-refractivity contribution in [2.75, 3.05) is 13.2 Å². The molecule has 2 heterocycles. The Morgan fingerprint density at radius 3 is 1.33 bits per heavy atom. The van der Waals surface area contributed by atoms with E-state index in [0.29, 0.717) is 35.5 Å². The van der Waals surface area contributed by atoms with Crippen molar-refractivity contribution < 1.29 is 38.7 Å². The Morgan fingerprint density at radius 2 is 0.978 bits per heavy atom. The summed E-state index contributed by atoms with van der Waals surface area (Å²) in [6, 6.07) is 6.30. The van der Waals surface area contributed by atoms with Crippen molar-refractivity contribution >= 4 is 11.9 Å². The van der Waals surface area contributed by atoms with E-state index in [1.165, 1.54) is 0 Å². The van der Waals surface area contributed by atoms with Crippen LogP contribution >= 0.6 is 0 Å². The van der Waals surface area contributed by atoms with Crippen molar-refractivity contribution in [2.24, 2.45) is 11.8 Å². The Bertz CT molecular complexity index is 1530. The van der Waals surface area contributed by atoms with Gasteiger partial charge in [-0.2, -0.15) is 0 Å². The summed E-state index contributed by atoms with van der Waals surface area (Å²) in [5.41, 5.74) is 8.05. The fourth-order valence-corrected chi connectivity index (χ4v) is 6.76. The summed E-state index contributed by atoms with van der Waals surface area (Å²) in [7, 11) is 0. The van der Waals surface area contributed by atoms with Gasteiger partial charge in [-0.3, -0.25) is 0 Å². The van der Waals surface area contributed by atoms with E-state index in [0.717, 1.165) is 68.8 Å². The SMILES string of the molecule is Cc1c(C)c2c(c(C)c1O)CC(CCOC(=O)c1ccc(C(=O)OCCC3Cc4c(C)c(O)c(C)c(C)c4OC3C)cc1)C(C)O2. The van der Waals surface area contributed by atoms with Crippen molar-refractivity contribution in [2.45, 2.75) is 93.3 Å². The lowest BCUT2D eigenvalue weighted by Gasteiger charge is -2.34. The first-order valence-corrected chi connectivity index (χ1v) is 16.2. The highest BCUT2D eigenvalue weighted by molar-refractivity contribution is 5.93. The maximum absolute atomic E-state index is 12.7. The predicted octanol–water partition coefficient (Wildman–Crippen LogP) is 7.32. The molecule has 8 heteroatoms. The standard InChI is InChI=1S/C38H46O8/c1-19-21(3)35-31(23(5)33(19)39)17-29(25(7)45-35)13-15-43-37(41)27-9-11-28(12-10-27)38(42)44-16-14-30-18-32-24(6)34(40)20(2)22(4)36(32)46-26(30)8/h9-12,25-26,29-30,39-40H,13-18H2,1-8H3. The summed E-state index contributed by atoms with van der Waals surface area (Å²) in [6.45, 7) is 16.1. The van der Waals surface area contributed by atoms with Gasteiger partial charge in [0, 0.05) is 23.0 Å². The Balaban J connectivity index is 1.10. The quantitative estimate of drug-likeness (QED) is 0.249. The third-order valence-corrected chi connectivity index (χ3v) is 10.3.